The fraction of sp³-hybridized carbons (Fsp3) is 0.250. The van der Waals surface area contributed by atoms with Crippen LogP contribution in [0.4, 0.5) is 0 Å². The molecule has 0 amide bonds. The Morgan fingerprint density at radius 1 is 1.15 bits per heavy atom. The van der Waals surface area contributed by atoms with Gasteiger partial charge in [0, 0.05) is 6.04 Å². The van der Waals surface area contributed by atoms with E-state index in [-0.39, 0.29) is 6.04 Å². The summed E-state index contributed by atoms with van der Waals surface area (Å²) >= 11 is 1.48. The summed E-state index contributed by atoms with van der Waals surface area (Å²) < 4.78 is 4.05. The fourth-order valence-corrected chi connectivity index (χ4v) is 3.33. The molecule has 0 fully saturated rings. The topological polar surface area (TPSA) is 37.8 Å². The van der Waals surface area contributed by atoms with Crippen molar-refractivity contribution in [1.29, 1.82) is 0 Å². The predicted molar refractivity (Wildman–Crippen MR) is 84.1 cm³/mol. The van der Waals surface area contributed by atoms with Crippen molar-refractivity contribution in [2.45, 2.75) is 19.4 Å². The van der Waals surface area contributed by atoms with E-state index in [1.807, 2.05) is 14.0 Å². The van der Waals surface area contributed by atoms with Crippen molar-refractivity contribution in [3.8, 4) is 0 Å². The van der Waals surface area contributed by atoms with Gasteiger partial charge in [-0.1, -0.05) is 47.0 Å². The van der Waals surface area contributed by atoms with Gasteiger partial charge in [0.15, 0.2) is 0 Å². The molecule has 0 aliphatic rings. The normalized spacial score (nSPS) is 12.7. The zero-order valence-electron chi connectivity index (χ0n) is 11.6. The van der Waals surface area contributed by atoms with Crippen LogP contribution in [0, 0.1) is 6.92 Å². The third kappa shape index (κ3) is 2.44. The van der Waals surface area contributed by atoms with E-state index in [4.69, 9.17) is 0 Å². The molecule has 4 heteroatoms. The maximum Gasteiger partial charge on any atom is 0.0772 e. The summed E-state index contributed by atoms with van der Waals surface area (Å²) in [4.78, 5) is 1.22. The number of aromatic nitrogens is 2. The van der Waals surface area contributed by atoms with Crippen LogP contribution in [-0.4, -0.2) is 16.6 Å². The van der Waals surface area contributed by atoms with Crippen LogP contribution in [-0.2, 0) is 6.42 Å². The Bertz CT molecular complexity index is 715. The highest BCUT2D eigenvalue weighted by Crippen LogP contribution is 2.27. The zero-order chi connectivity index (χ0) is 13.9. The minimum atomic E-state index is 0.265. The Morgan fingerprint density at radius 3 is 2.70 bits per heavy atom. The Morgan fingerprint density at radius 2 is 1.95 bits per heavy atom. The van der Waals surface area contributed by atoms with Crippen LogP contribution in [0.3, 0.4) is 0 Å². The molecule has 3 nitrogen and oxygen atoms in total. The molecule has 20 heavy (non-hydrogen) atoms. The lowest BCUT2D eigenvalue weighted by Gasteiger charge is -2.16. The van der Waals surface area contributed by atoms with Crippen LogP contribution in [0.1, 0.15) is 22.2 Å². The predicted octanol–water partition coefficient (Wildman–Crippen LogP) is 3.50. The first-order chi connectivity index (χ1) is 9.79. The van der Waals surface area contributed by atoms with Crippen molar-refractivity contribution in [1.82, 2.24) is 14.9 Å². The second-order valence-corrected chi connectivity index (χ2v) is 5.69. The molecule has 0 spiro atoms. The Labute approximate surface area is 122 Å². The highest BCUT2D eigenvalue weighted by atomic mass is 32.1. The number of likely N-dealkylation sites (N-methyl/N-ethyl adjacent to an activating group) is 1. The Kier molecular flexibility index (Phi) is 3.76. The van der Waals surface area contributed by atoms with Gasteiger partial charge in [0.05, 0.1) is 10.6 Å². The van der Waals surface area contributed by atoms with Gasteiger partial charge in [0.25, 0.3) is 0 Å². The Balaban J connectivity index is 1.98. The molecule has 0 bridgehead atoms. The van der Waals surface area contributed by atoms with E-state index in [1.54, 1.807) is 0 Å². The van der Waals surface area contributed by atoms with Gasteiger partial charge in [-0.2, -0.15) is 0 Å². The molecule has 3 aromatic rings. The lowest BCUT2D eigenvalue weighted by molar-refractivity contribution is 0.599. The summed E-state index contributed by atoms with van der Waals surface area (Å²) in [6.07, 6.45) is 0.947. The second-order valence-electron chi connectivity index (χ2n) is 4.91. The largest absolute Gasteiger partial charge is 0.312 e. The molecule has 0 aliphatic carbocycles. The van der Waals surface area contributed by atoms with Crippen LogP contribution in [0.5, 0.6) is 0 Å². The second kappa shape index (κ2) is 5.69. The minimum absolute atomic E-state index is 0.265. The van der Waals surface area contributed by atoms with Gasteiger partial charge < -0.3 is 5.32 Å². The van der Waals surface area contributed by atoms with E-state index in [9.17, 15) is 0 Å². The molecular weight excluding hydrogens is 266 g/mol. The smallest absolute Gasteiger partial charge is 0.0772 e. The molecule has 1 aromatic heterocycles. The molecule has 102 valence electrons. The van der Waals surface area contributed by atoms with Crippen LogP contribution in [0.25, 0.3) is 10.8 Å². The maximum absolute atomic E-state index is 4.12. The number of fused-ring (bicyclic) bond motifs is 1. The monoisotopic (exact) mass is 283 g/mol. The minimum Gasteiger partial charge on any atom is -0.312 e. The van der Waals surface area contributed by atoms with Gasteiger partial charge in [-0.05, 0) is 48.3 Å². The first-order valence-electron chi connectivity index (χ1n) is 6.72. The summed E-state index contributed by atoms with van der Waals surface area (Å²) in [7, 11) is 1.99. The van der Waals surface area contributed by atoms with Crippen LogP contribution >= 0.6 is 11.5 Å². The van der Waals surface area contributed by atoms with Crippen molar-refractivity contribution in [3.05, 3.63) is 58.6 Å². The summed E-state index contributed by atoms with van der Waals surface area (Å²) in [6.45, 7) is 2.02. The molecule has 0 saturated carbocycles. The van der Waals surface area contributed by atoms with Gasteiger partial charge in [-0.15, -0.1) is 5.10 Å². The van der Waals surface area contributed by atoms with E-state index in [0.29, 0.717) is 0 Å². The molecule has 1 atom stereocenters. The molecule has 1 unspecified atom stereocenters. The number of benzene rings is 2. The van der Waals surface area contributed by atoms with Crippen LogP contribution in [0.2, 0.25) is 0 Å². The number of rotatable bonds is 4. The third-order valence-electron chi connectivity index (χ3n) is 3.66. The van der Waals surface area contributed by atoms with Gasteiger partial charge in [-0.25, -0.2) is 0 Å². The van der Waals surface area contributed by atoms with Crippen molar-refractivity contribution >= 4 is 22.3 Å². The third-order valence-corrected chi connectivity index (χ3v) is 4.60. The molecule has 1 heterocycles. The number of aryl methyl sites for hydroxylation is 1. The van der Waals surface area contributed by atoms with Crippen LogP contribution < -0.4 is 5.32 Å². The highest BCUT2D eigenvalue weighted by molar-refractivity contribution is 7.05. The van der Waals surface area contributed by atoms with Crippen molar-refractivity contribution < 1.29 is 0 Å². The van der Waals surface area contributed by atoms with E-state index in [1.165, 1.54) is 32.7 Å². The van der Waals surface area contributed by atoms with Gasteiger partial charge in [0.1, 0.15) is 0 Å². The molecule has 3 rings (SSSR count). The van der Waals surface area contributed by atoms with E-state index < -0.39 is 0 Å². The standard InChI is InChI=1S/C16H17N3S/c1-11-16(20-19-18-11)15(17-2)10-13-8-5-7-12-6-3-4-9-14(12)13/h3-9,15,17H,10H2,1-2H3. The molecule has 0 aliphatic heterocycles. The molecule has 0 radical (unpaired) electrons. The van der Waals surface area contributed by atoms with Gasteiger partial charge in [0.2, 0.25) is 0 Å². The van der Waals surface area contributed by atoms with E-state index in [2.05, 4.69) is 57.4 Å². The molecular formula is C16H17N3S. The van der Waals surface area contributed by atoms with Crippen molar-refractivity contribution in [2.24, 2.45) is 0 Å². The average Bonchev–Trinajstić information content (AvgIpc) is 2.91. The lowest BCUT2D eigenvalue weighted by Crippen LogP contribution is -2.18. The SMILES string of the molecule is CNC(Cc1cccc2ccccc12)c1snnc1C. The van der Waals surface area contributed by atoms with Gasteiger partial charge >= 0.3 is 0 Å². The number of hydrogen-bond acceptors (Lipinski definition) is 4. The summed E-state index contributed by atoms with van der Waals surface area (Å²) in [5.41, 5.74) is 2.38. The maximum atomic E-state index is 4.12. The quantitative estimate of drug-likeness (QED) is 0.796. The fourth-order valence-electron chi connectivity index (χ4n) is 2.57. The number of nitrogens with one attached hydrogen (secondary N) is 1. The molecule has 1 N–H and O–H groups in total. The highest BCUT2D eigenvalue weighted by Gasteiger charge is 2.16. The Hall–Kier alpha value is -1.78. The number of hydrogen-bond donors (Lipinski definition) is 1. The van der Waals surface area contributed by atoms with Crippen molar-refractivity contribution in [2.75, 3.05) is 7.05 Å². The summed E-state index contributed by atoms with van der Waals surface area (Å²) in [6, 6.07) is 15.3. The lowest BCUT2D eigenvalue weighted by atomic mass is 9.98. The van der Waals surface area contributed by atoms with E-state index in [0.717, 1.165) is 12.1 Å². The zero-order valence-corrected chi connectivity index (χ0v) is 12.4. The van der Waals surface area contributed by atoms with E-state index >= 15 is 0 Å². The first-order valence-corrected chi connectivity index (χ1v) is 7.49. The van der Waals surface area contributed by atoms with Crippen molar-refractivity contribution in [3.63, 3.8) is 0 Å². The number of nitrogens with zero attached hydrogens (tertiary/aromatic N) is 2. The molecule has 0 saturated heterocycles. The van der Waals surface area contributed by atoms with Crippen LogP contribution in [0.15, 0.2) is 42.5 Å². The average molecular weight is 283 g/mol. The first kappa shape index (κ1) is 13.2. The summed E-state index contributed by atoms with van der Waals surface area (Å²) in [5.74, 6) is 0. The molecule has 2 aromatic carbocycles. The van der Waals surface area contributed by atoms with Gasteiger partial charge in [-0.3, -0.25) is 0 Å². The summed E-state index contributed by atoms with van der Waals surface area (Å²) in [5, 5.41) is 10.1.